The number of hydrogen-bond donors (Lipinski definition) is 1. The first-order chi connectivity index (χ1) is 6.18. The van der Waals surface area contributed by atoms with Gasteiger partial charge in [-0.1, -0.05) is 13.8 Å². The predicted molar refractivity (Wildman–Crippen MR) is 54.4 cm³/mol. The summed E-state index contributed by atoms with van der Waals surface area (Å²) in [4.78, 5) is 0. The molecule has 13 heavy (non-hydrogen) atoms. The molecule has 2 fully saturated rings. The van der Waals surface area contributed by atoms with Crippen LogP contribution in [0.2, 0.25) is 0 Å². The quantitative estimate of drug-likeness (QED) is 0.696. The van der Waals surface area contributed by atoms with Gasteiger partial charge < -0.3 is 5.11 Å². The summed E-state index contributed by atoms with van der Waals surface area (Å²) in [5.74, 6) is 2.50. The molecule has 2 aliphatic carbocycles. The van der Waals surface area contributed by atoms with Crippen molar-refractivity contribution in [3.05, 3.63) is 0 Å². The van der Waals surface area contributed by atoms with Gasteiger partial charge in [0.2, 0.25) is 0 Å². The van der Waals surface area contributed by atoms with E-state index in [1.807, 2.05) is 0 Å². The van der Waals surface area contributed by atoms with Crippen LogP contribution in [0.4, 0.5) is 0 Å². The fraction of sp³-hybridized carbons (Fsp3) is 1.00. The van der Waals surface area contributed by atoms with Gasteiger partial charge in [-0.25, -0.2) is 0 Å². The Morgan fingerprint density at radius 3 is 2.31 bits per heavy atom. The van der Waals surface area contributed by atoms with Crippen LogP contribution in [-0.4, -0.2) is 11.7 Å². The monoisotopic (exact) mass is 182 g/mol. The van der Waals surface area contributed by atoms with Crippen LogP contribution in [0.5, 0.6) is 0 Å². The minimum Gasteiger partial charge on any atom is -0.396 e. The first-order valence-electron chi connectivity index (χ1n) is 5.79. The van der Waals surface area contributed by atoms with Crippen molar-refractivity contribution < 1.29 is 5.11 Å². The second-order valence-electron chi connectivity index (χ2n) is 5.53. The van der Waals surface area contributed by atoms with E-state index >= 15 is 0 Å². The zero-order valence-electron chi connectivity index (χ0n) is 8.92. The highest BCUT2D eigenvalue weighted by atomic mass is 16.3. The summed E-state index contributed by atoms with van der Waals surface area (Å²) in [5.41, 5.74) is 0.611. The molecule has 1 nitrogen and oxygen atoms in total. The van der Waals surface area contributed by atoms with E-state index in [0.29, 0.717) is 17.9 Å². The van der Waals surface area contributed by atoms with Crippen molar-refractivity contribution in [3.63, 3.8) is 0 Å². The van der Waals surface area contributed by atoms with E-state index in [1.54, 1.807) is 0 Å². The number of aliphatic hydroxyl groups is 1. The molecular formula is C12H22O. The fourth-order valence-electron chi connectivity index (χ4n) is 3.18. The topological polar surface area (TPSA) is 20.2 Å². The van der Waals surface area contributed by atoms with Gasteiger partial charge in [0.05, 0.1) is 0 Å². The normalized spacial score (nSPS) is 44.3. The minimum absolute atomic E-state index is 0.437. The number of hydrogen-bond acceptors (Lipinski definition) is 1. The molecule has 0 aliphatic heterocycles. The van der Waals surface area contributed by atoms with E-state index in [4.69, 9.17) is 5.11 Å². The first-order valence-corrected chi connectivity index (χ1v) is 5.79. The van der Waals surface area contributed by atoms with Gasteiger partial charge in [0.15, 0.2) is 0 Å². The highest BCUT2D eigenvalue weighted by Gasteiger charge is 2.54. The molecule has 0 saturated heterocycles. The van der Waals surface area contributed by atoms with Crippen LogP contribution in [-0.2, 0) is 0 Å². The Morgan fingerprint density at radius 1 is 1.31 bits per heavy atom. The van der Waals surface area contributed by atoms with Crippen LogP contribution in [0.3, 0.4) is 0 Å². The number of rotatable bonds is 2. The molecule has 0 aromatic carbocycles. The lowest BCUT2D eigenvalue weighted by Gasteiger charge is -2.31. The van der Waals surface area contributed by atoms with Crippen molar-refractivity contribution in [3.8, 4) is 0 Å². The SMILES string of the molecule is CC(C)C1CCC2(CC1)CC2CO. The molecule has 1 heteroatoms. The molecular weight excluding hydrogens is 160 g/mol. The Hall–Kier alpha value is -0.0400. The van der Waals surface area contributed by atoms with Gasteiger partial charge in [0.25, 0.3) is 0 Å². The molecule has 2 rings (SSSR count). The van der Waals surface area contributed by atoms with E-state index in [1.165, 1.54) is 32.1 Å². The summed E-state index contributed by atoms with van der Waals surface area (Å²) in [6.07, 6.45) is 6.92. The summed E-state index contributed by atoms with van der Waals surface area (Å²) in [7, 11) is 0. The highest BCUT2D eigenvalue weighted by molar-refractivity contribution is 5.04. The Morgan fingerprint density at radius 2 is 1.92 bits per heavy atom. The standard InChI is InChI=1S/C12H22O/c1-9(2)10-3-5-12(6-4-10)7-11(12)8-13/h9-11,13H,3-8H2,1-2H3. The maximum absolute atomic E-state index is 9.10. The molecule has 0 aromatic rings. The second kappa shape index (κ2) is 3.27. The third-order valence-electron chi connectivity index (χ3n) is 4.55. The van der Waals surface area contributed by atoms with Crippen LogP contribution >= 0.6 is 0 Å². The molecule has 76 valence electrons. The van der Waals surface area contributed by atoms with Crippen molar-refractivity contribution >= 4 is 0 Å². The van der Waals surface area contributed by atoms with E-state index in [2.05, 4.69) is 13.8 Å². The Bertz CT molecular complexity index is 178. The van der Waals surface area contributed by atoms with Crippen molar-refractivity contribution in [1.29, 1.82) is 0 Å². The molecule has 1 atom stereocenters. The van der Waals surface area contributed by atoms with Crippen LogP contribution in [0.1, 0.15) is 46.0 Å². The van der Waals surface area contributed by atoms with Crippen molar-refractivity contribution in [2.75, 3.05) is 6.61 Å². The summed E-state index contributed by atoms with van der Waals surface area (Å²) in [6.45, 7) is 5.13. The molecule has 0 amide bonds. The maximum atomic E-state index is 9.10. The molecule has 0 bridgehead atoms. The third kappa shape index (κ3) is 1.63. The van der Waals surface area contributed by atoms with Gasteiger partial charge in [-0.05, 0) is 55.3 Å². The summed E-state index contributed by atoms with van der Waals surface area (Å²) < 4.78 is 0. The maximum Gasteiger partial charge on any atom is 0.0464 e. The number of aliphatic hydroxyl groups excluding tert-OH is 1. The Kier molecular flexibility index (Phi) is 2.39. The lowest BCUT2D eigenvalue weighted by molar-refractivity contribution is 0.173. The van der Waals surface area contributed by atoms with Crippen LogP contribution < -0.4 is 0 Å². The van der Waals surface area contributed by atoms with Crippen molar-refractivity contribution in [2.24, 2.45) is 23.2 Å². The van der Waals surface area contributed by atoms with Crippen LogP contribution in [0.25, 0.3) is 0 Å². The van der Waals surface area contributed by atoms with Gasteiger partial charge >= 0.3 is 0 Å². The zero-order valence-corrected chi connectivity index (χ0v) is 8.92. The van der Waals surface area contributed by atoms with Crippen LogP contribution in [0, 0.1) is 23.2 Å². The molecule has 0 radical (unpaired) electrons. The predicted octanol–water partition coefficient (Wildman–Crippen LogP) is 2.83. The van der Waals surface area contributed by atoms with E-state index in [-0.39, 0.29) is 0 Å². The van der Waals surface area contributed by atoms with Crippen molar-refractivity contribution in [2.45, 2.75) is 46.0 Å². The average molecular weight is 182 g/mol. The summed E-state index contributed by atoms with van der Waals surface area (Å²) in [5, 5.41) is 9.10. The molecule has 2 saturated carbocycles. The summed E-state index contributed by atoms with van der Waals surface area (Å²) >= 11 is 0. The van der Waals surface area contributed by atoms with Gasteiger partial charge in [0, 0.05) is 6.61 Å². The molecule has 0 heterocycles. The van der Waals surface area contributed by atoms with Crippen molar-refractivity contribution in [1.82, 2.24) is 0 Å². The lowest BCUT2D eigenvalue weighted by atomic mass is 9.74. The largest absolute Gasteiger partial charge is 0.396 e. The molecule has 2 aliphatic rings. The molecule has 1 spiro atoms. The van der Waals surface area contributed by atoms with Gasteiger partial charge in [-0.2, -0.15) is 0 Å². The molecule has 1 N–H and O–H groups in total. The van der Waals surface area contributed by atoms with Gasteiger partial charge in [-0.3, -0.25) is 0 Å². The van der Waals surface area contributed by atoms with Crippen LogP contribution in [0.15, 0.2) is 0 Å². The smallest absolute Gasteiger partial charge is 0.0464 e. The van der Waals surface area contributed by atoms with E-state index in [0.717, 1.165) is 11.8 Å². The third-order valence-corrected chi connectivity index (χ3v) is 4.55. The van der Waals surface area contributed by atoms with E-state index in [9.17, 15) is 0 Å². The zero-order chi connectivity index (χ0) is 9.47. The Labute approximate surface area is 81.5 Å². The summed E-state index contributed by atoms with van der Waals surface area (Å²) in [6, 6.07) is 0. The van der Waals surface area contributed by atoms with Gasteiger partial charge in [-0.15, -0.1) is 0 Å². The average Bonchev–Trinajstić information content (AvgIpc) is 2.80. The molecule has 1 unspecified atom stereocenters. The van der Waals surface area contributed by atoms with Gasteiger partial charge in [0.1, 0.15) is 0 Å². The Balaban J connectivity index is 1.84. The highest BCUT2D eigenvalue weighted by Crippen LogP contribution is 2.62. The lowest BCUT2D eigenvalue weighted by Crippen LogP contribution is -2.21. The fourth-order valence-corrected chi connectivity index (χ4v) is 3.18. The van der Waals surface area contributed by atoms with E-state index < -0.39 is 0 Å². The molecule has 0 aromatic heterocycles. The first kappa shape index (κ1) is 9.51. The second-order valence-corrected chi connectivity index (χ2v) is 5.53. The minimum atomic E-state index is 0.437.